The van der Waals surface area contributed by atoms with Crippen molar-refractivity contribution in [2.75, 3.05) is 7.05 Å². The molecule has 0 N–H and O–H groups in total. The number of hydrogen-bond donors (Lipinski definition) is 0. The first-order valence-electron chi connectivity index (χ1n) is 9.76. The molecule has 3 atom stereocenters. The van der Waals surface area contributed by atoms with Gasteiger partial charge >= 0.3 is 0 Å². The summed E-state index contributed by atoms with van der Waals surface area (Å²) in [5, 5.41) is 10.8. The van der Waals surface area contributed by atoms with Crippen molar-refractivity contribution in [3.8, 4) is 6.07 Å². The quantitative estimate of drug-likeness (QED) is 0.513. The van der Waals surface area contributed by atoms with E-state index in [0.717, 1.165) is 18.4 Å². The normalized spacial score (nSPS) is 16.0. The topological polar surface area (TPSA) is 27.0 Å². The fourth-order valence-corrected chi connectivity index (χ4v) is 3.88. The Kier molecular flexibility index (Phi) is 7.48. The summed E-state index contributed by atoms with van der Waals surface area (Å²) in [7, 11) is 2.17. The highest BCUT2D eigenvalue weighted by Gasteiger charge is 2.36. The minimum atomic E-state index is -0.490. The number of rotatable bonds is 8. The van der Waals surface area contributed by atoms with E-state index in [-0.39, 0.29) is 5.92 Å². The Labute approximate surface area is 169 Å². The first-order chi connectivity index (χ1) is 12.8. The molecule has 0 aliphatic heterocycles. The maximum atomic E-state index is 10.1. The summed E-state index contributed by atoms with van der Waals surface area (Å²) in [6, 6.07) is 21.7. The Bertz CT molecular complexity index is 748. The van der Waals surface area contributed by atoms with Gasteiger partial charge in [-0.1, -0.05) is 67.9 Å². The molecule has 0 radical (unpaired) electrons. The van der Waals surface area contributed by atoms with Crippen LogP contribution in [0.5, 0.6) is 0 Å². The Morgan fingerprint density at radius 1 is 1.00 bits per heavy atom. The van der Waals surface area contributed by atoms with E-state index in [2.05, 4.69) is 76.0 Å². The fourth-order valence-electron chi connectivity index (χ4n) is 3.75. The van der Waals surface area contributed by atoms with Crippen LogP contribution in [-0.2, 0) is 5.41 Å². The van der Waals surface area contributed by atoms with E-state index in [4.69, 9.17) is 11.6 Å². The molecule has 3 unspecified atom stereocenters. The first-order valence-corrected chi connectivity index (χ1v) is 10.1. The van der Waals surface area contributed by atoms with Crippen molar-refractivity contribution >= 4 is 11.6 Å². The van der Waals surface area contributed by atoms with E-state index < -0.39 is 5.41 Å². The van der Waals surface area contributed by atoms with Gasteiger partial charge in [0, 0.05) is 17.1 Å². The van der Waals surface area contributed by atoms with Gasteiger partial charge < -0.3 is 0 Å². The summed E-state index contributed by atoms with van der Waals surface area (Å²) >= 11 is 6.06. The molecule has 0 amide bonds. The minimum absolute atomic E-state index is 0.229. The van der Waals surface area contributed by atoms with Crippen LogP contribution in [0.4, 0.5) is 0 Å². The molecule has 0 heterocycles. The number of nitrogens with zero attached hydrogens (tertiary/aromatic N) is 2. The van der Waals surface area contributed by atoms with E-state index in [9.17, 15) is 5.26 Å². The second kappa shape index (κ2) is 9.40. The van der Waals surface area contributed by atoms with Crippen LogP contribution in [-0.4, -0.2) is 18.0 Å². The summed E-state index contributed by atoms with van der Waals surface area (Å²) < 4.78 is 0. The van der Waals surface area contributed by atoms with Gasteiger partial charge in [-0.05, 0) is 62.9 Å². The lowest BCUT2D eigenvalue weighted by atomic mass is 9.69. The number of hydrogen-bond acceptors (Lipinski definition) is 2. The van der Waals surface area contributed by atoms with E-state index in [0.29, 0.717) is 17.1 Å². The molecule has 144 valence electrons. The molecule has 0 aliphatic rings. The van der Waals surface area contributed by atoms with Crippen LogP contribution < -0.4 is 0 Å². The SMILES string of the molecule is CC(CCC(C#N)(c1ccc(Cl)cc1)C(C)C)N(C)C(C)c1ccccc1. The number of halogens is 1. The summed E-state index contributed by atoms with van der Waals surface area (Å²) in [5.41, 5.74) is 1.89. The summed E-state index contributed by atoms with van der Waals surface area (Å²) in [6.07, 6.45) is 1.79. The smallest absolute Gasteiger partial charge is 0.0845 e. The van der Waals surface area contributed by atoms with Crippen molar-refractivity contribution in [3.63, 3.8) is 0 Å². The predicted octanol–water partition coefficient (Wildman–Crippen LogP) is 6.62. The highest BCUT2D eigenvalue weighted by atomic mass is 35.5. The largest absolute Gasteiger partial charge is 0.297 e. The molecule has 2 aromatic rings. The van der Waals surface area contributed by atoms with E-state index >= 15 is 0 Å². The maximum absolute atomic E-state index is 10.1. The Morgan fingerprint density at radius 3 is 2.11 bits per heavy atom. The Balaban J connectivity index is 2.14. The third-order valence-electron chi connectivity index (χ3n) is 6.09. The third-order valence-corrected chi connectivity index (χ3v) is 6.34. The molecule has 0 aliphatic carbocycles. The maximum Gasteiger partial charge on any atom is 0.0845 e. The first kappa shape index (κ1) is 21.5. The molecule has 27 heavy (non-hydrogen) atoms. The van der Waals surface area contributed by atoms with Crippen LogP contribution in [0, 0.1) is 17.2 Å². The van der Waals surface area contributed by atoms with Crippen LogP contribution in [0.1, 0.15) is 57.7 Å². The van der Waals surface area contributed by atoms with Crippen LogP contribution in [0.15, 0.2) is 54.6 Å². The lowest BCUT2D eigenvalue weighted by molar-refractivity contribution is 0.175. The molecule has 2 rings (SSSR count). The summed E-state index contributed by atoms with van der Waals surface area (Å²) in [5.74, 6) is 0.229. The van der Waals surface area contributed by atoms with Gasteiger partial charge in [0.2, 0.25) is 0 Å². The van der Waals surface area contributed by atoms with E-state index in [1.54, 1.807) is 0 Å². The molecular formula is C24H31ClN2. The van der Waals surface area contributed by atoms with Gasteiger partial charge in [0.25, 0.3) is 0 Å². The van der Waals surface area contributed by atoms with Crippen molar-refractivity contribution in [3.05, 3.63) is 70.7 Å². The van der Waals surface area contributed by atoms with Gasteiger partial charge in [-0.3, -0.25) is 4.90 Å². The molecule has 0 aromatic heterocycles. The molecule has 2 nitrogen and oxygen atoms in total. The van der Waals surface area contributed by atoms with Gasteiger partial charge in [-0.2, -0.15) is 5.26 Å². The van der Waals surface area contributed by atoms with E-state index in [1.807, 2.05) is 24.3 Å². The molecule has 0 saturated heterocycles. The van der Waals surface area contributed by atoms with Crippen LogP contribution in [0.3, 0.4) is 0 Å². The Morgan fingerprint density at radius 2 is 1.59 bits per heavy atom. The van der Waals surface area contributed by atoms with Crippen molar-refractivity contribution in [2.24, 2.45) is 5.92 Å². The van der Waals surface area contributed by atoms with Crippen LogP contribution in [0.2, 0.25) is 5.02 Å². The minimum Gasteiger partial charge on any atom is -0.297 e. The van der Waals surface area contributed by atoms with Crippen LogP contribution in [0.25, 0.3) is 0 Å². The third kappa shape index (κ3) is 4.92. The fraction of sp³-hybridized carbons (Fsp3) is 0.458. The second-order valence-electron chi connectivity index (χ2n) is 7.88. The molecule has 3 heteroatoms. The standard InChI is InChI=1S/C24H31ClN2/c1-18(2)24(17-26,22-11-13-23(25)14-12-22)16-15-19(3)27(5)20(4)21-9-7-6-8-10-21/h6-14,18-20H,15-16H2,1-5H3. The lowest BCUT2D eigenvalue weighted by Gasteiger charge is -2.36. The van der Waals surface area contributed by atoms with Gasteiger partial charge in [0.15, 0.2) is 0 Å². The zero-order valence-corrected chi connectivity index (χ0v) is 17.9. The zero-order chi connectivity index (χ0) is 20.0. The monoisotopic (exact) mass is 382 g/mol. The lowest BCUT2D eigenvalue weighted by Crippen LogP contribution is -2.36. The molecule has 2 aromatic carbocycles. The summed E-state index contributed by atoms with van der Waals surface area (Å²) in [6.45, 7) is 8.77. The average molecular weight is 383 g/mol. The zero-order valence-electron chi connectivity index (χ0n) is 17.1. The van der Waals surface area contributed by atoms with Gasteiger partial charge in [0.1, 0.15) is 0 Å². The van der Waals surface area contributed by atoms with Gasteiger partial charge in [0.05, 0.1) is 11.5 Å². The Hall–Kier alpha value is -1.82. The van der Waals surface area contributed by atoms with Gasteiger partial charge in [-0.15, -0.1) is 0 Å². The highest BCUT2D eigenvalue weighted by molar-refractivity contribution is 6.30. The highest BCUT2D eigenvalue weighted by Crippen LogP contribution is 2.38. The molecule has 0 fully saturated rings. The van der Waals surface area contributed by atoms with Gasteiger partial charge in [-0.25, -0.2) is 0 Å². The van der Waals surface area contributed by atoms with E-state index in [1.165, 1.54) is 5.56 Å². The molecule has 0 spiro atoms. The predicted molar refractivity (Wildman–Crippen MR) is 115 cm³/mol. The molecule has 0 bridgehead atoms. The second-order valence-corrected chi connectivity index (χ2v) is 8.32. The van der Waals surface area contributed by atoms with Crippen molar-refractivity contribution in [1.29, 1.82) is 5.26 Å². The summed E-state index contributed by atoms with van der Waals surface area (Å²) in [4.78, 5) is 2.40. The van der Waals surface area contributed by atoms with Crippen LogP contribution >= 0.6 is 11.6 Å². The van der Waals surface area contributed by atoms with Crippen molar-refractivity contribution < 1.29 is 0 Å². The number of benzene rings is 2. The molecular weight excluding hydrogens is 352 g/mol. The average Bonchev–Trinajstić information content (AvgIpc) is 2.69. The van der Waals surface area contributed by atoms with Crippen molar-refractivity contribution in [2.45, 2.75) is 58.0 Å². The van der Waals surface area contributed by atoms with Crippen molar-refractivity contribution in [1.82, 2.24) is 4.90 Å². The number of nitriles is 1. The molecule has 0 saturated carbocycles.